The van der Waals surface area contributed by atoms with Gasteiger partial charge in [0.1, 0.15) is 10.6 Å². The van der Waals surface area contributed by atoms with Gasteiger partial charge in [-0.3, -0.25) is 4.79 Å². The van der Waals surface area contributed by atoms with Crippen LogP contribution in [0.2, 0.25) is 0 Å². The van der Waals surface area contributed by atoms with Gasteiger partial charge in [0.25, 0.3) is 0 Å². The number of hydrogen-bond donors (Lipinski definition) is 1. The fourth-order valence-electron chi connectivity index (χ4n) is 3.37. The second-order valence-corrected chi connectivity index (χ2v) is 8.22. The fraction of sp³-hybridized carbons (Fsp3) is 0.500. The van der Waals surface area contributed by atoms with Crippen molar-refractivity contribution < 1.29 is 14.3 Å². The summed E-state index contributed by atoms with van der Waals surface area (Å²) in [6.07, 6.45) is 11.5. The van der Waals surface area contributed by atoms with Crippen LogP contribution in [0.3, 0.4) is 0 Å². The number of amides is 1. The van der Waals surface area contributed by atoms with Crippen LogP contribution in [0, 0.1) is 0 Å². The molecule has 0 atom stereocenters. The Balaban J connectivity index is 1.82. The first kappa shape index (κ1) is 23.1. The summed E-state index contributed by atoms with van der Waals surface area (Å²) in [7, 11) is 1.36. The summed E-state index contributed by atoms with van der Waals surface area (Å²) in [5.74, 6) is -0.469. The third-order valence-electron chi connectivity index (χ3n) is 5.03. The van der Waals surface area contributed by atoms with Crippen LogP contribution in [0.1, 0.15) is 81.5 Å². The van der Waals surface area contributed by atoms with E-state index < -0.39 is 5.97 Å². The van der Waals surface area contributed by atoms with Gasteiger partial charge in [0, 0.05) is 17.4 Å². The highest BCUT2D eigenvalue weighted by atomic mass is 32.1. The maximum absolute atomic E-state index is 12.4. The second kappa shape index (κ2) is 13.2. The Morgan fingerprint density at radius 1 is 0.931 bits per heavy atom. The van der Waals surface area contributed by atoms with Crippen molar-refractivity contribution in [3.8, 4) is 11.1 Å². The van der Waals surface area contributed by atoms with Gasteiger partial charge in [-0.25, -0.2) is 4.79 Å². The SMILES string of the molecule is CCCCCCCCCCCC(=O)Nc1scc(-c2ccccc2)c1C(=O)OC. The maximum atomic E-state index is 12.4. The Morgan fingerprint density at radius 3 is 2.17 bits per heavy atom. The lowest BCUT2D eigenvalue weighted by molar-refractivity contribution is -0.116. The smallest absolute Gasteiger partial charge is 0.341 e. The summed E-state index contributed by atoms with van der Waals surface area (Å²) >= 11 is 1.37. The van der Waals surface area contributed by atoms with Gasteiger partial charge in [0.15, 0.2) is 0 Å². The molecule has 2 rings (SSSR count). The number of methoxy groups -OCH3 is 1. The van der Waals surface area contributed by atoms with E-state index >= 15 is 0 Å². The number of thiophene rings is 1. The van der Waals surface area contributed by atoms with E-state index in [9.17, 15) is 9.59 Å². The van der Waals surface area contributed by atoms with E-state index in [1.54, 1.807) is 0 Å². The quantitative estimate of drug-likeness (QED) is 0.281. The average molecular weight is 416 g/mol. The van der Waals surface area contributed by atoms with E-state index in [-0.39, 0.29) is 5.91 Å². The van der Waals surface area contributed by atoms with Gasteiger partial charge >= 0.3 is 5.97 Å². The normalized spacial score (nSPS) is 10.7. The van der Waals surface area contributed by atoms with Crippen molar-refractivity contribution in [1.29, 1.82) is 0 Å². The van der Waals surface area contributed by atoms with Crippen LogP contribution < -0.4 is 5.32 Å². The predicted octanol–water partition coefficient (Wildman–Crippen LogP) is 7.06. The number of esters is 1. The maximum Gasteiger partial charge on any atom is 0.341 e. The van der Waals surface area contributed by atoms with Crippen molar-refractivity contribution in [3.63, 3.8) is 0 Å². The molecular formula is C24H33NO3S. The van der Waals surface area contributed by atoms with Crippen LogP contribution >= 0.6 is 11.3 Å². The Bertz CT molecular complexity index is 755. The lowest BCUT2D eigenvalue weighted by atomic mass is 10.0. The summed E-state index contributed by atoms with van der Waals surface area (Å²) in [5.41, 5.74) is 2.16. The zero-order valence-corrected chi connectivity index (χ0v) is 18.5. The lowest BCUT2D eigenvalue weighted by Crippen LogP contribution is -2.13. The molecule has 0 fully saturated rings. The van der Waals surface area contributed by atoms with Crippen molar-refractivity contribution in [2.24, 2.45) is 0 Å². The second-order valence-electron chi connectivity index (χ2n) is 7.34. The molecule has 0 aliphatic heterocycles. The van der Waals surface area contributed by atoms with Crippen molar-refractivity contribution in [2.45, 2.75) is 71.1 Å². The van der Waals surface area contributed by atoms with Crippen LogP contribution in [0.25, 0.3) is 11.1 Å². The van der Waals surface area contributed by atoms with E-state index in [4.69, 9.17) is 4.74 Å². The number of benzene rings is 1. The highest BCUT2D eigenvalue weighted by Crippen LogP contribution is 2.36. The third-order valence-corrected chi connectivity index (χ3v) is 5.92. The molecule has 0 bridgehead atoms. The molecule has 0 saturated heterocycles. The molecule has 4 nitrogen and oxygen atoms in total. The number of hydrogen-bond acceptors (Lipinski definition) is 4. The van der Waals surface area contributed by atoms with Gasteiger partial charge in [-0.2, -0.15) is 0 Å². The minimum absolute atomic E-state index is 0.0421. The number of anilines is 1. The topological polar surface area (TPSA) is 55.4 Å². The van der Waals surface area contributed by atoms with Gasteiger partial charge in [-0.1, -0.05) is 88.6 Å². The monoisotopic (exact) mass is 415 g/mol. The molecule has 1 heterocycles. The minimum atomic E-state index is -0.427. The van der Waals surface area contributed by atoms with Crippen LogP contribution in [0.5, 0.6) is 0 Å². The molecule has 1 aromatic heterocycles. The number of rotatable bonds is 13. The molecule has 0 radical (unpaired) electrons. The van der Waals surface area contributed by atoms with Crippen LogP contribution in [-0.2, 0) is 9.53 Å². The lowest BCUT2D eigenvalue weighted by Gasteiger charge is -2.08. The number of carbonyl (C=O) groups excluding carboxylic acids is 2. The molecule has 1 amide bonds. The van der Waals surface area contributed by atoms with E-state index in [0.717, 1.165) is 24.0 Å². The van der Waals surface area contributed by atoms with E-state index in [1.165, 1.54) is 63.4 Å². The number of nitrogens with one attached hydrogen (secondary N) is 1. The summed E-state index contributed by atoms with van der Waals surface area (Å²) < 4.78 is 4.96. The molecule has 2 aromatic rings. The van der Waals surface area contributed by atoms with Gasteiger partial charge in [-0.05, 0) is 12.0 Å². The standard InChI is InChI=1S/C24H33NO3S/c1-3-4-5-6-7-8-9-10-14-17-21(26)25-23-22(24(27)28-2)20(18-29-23)19-15-12-11-13-16-19/h11-13,15-16,18H,3-10,14,17H2,1-2H3,(H,25,26). The largest absolute Gasteiger partial charge is 0.465 e. The first-order chi connectivity index (χ1) is 14.2. The minimum Gasteiger partial charge on any atom is -0.465 e. The molecule has 0 aliphatic carbocycles. The summed E-state index contributed by atoms with van der Waals surface area (Å²) in [5, 5.41) is 5.38. The zero-order valence-electron chi connectivity index (χ0n) is 17.7. The van der Waals surface area contributed by atoms with Crippen molar-refractivity contribution >= 4 is 28.2 Å². The molecule has 5 heteroatoms. The summed E-state index contributed by atoms with van der Waals surface area (Å²) in [6, 6.07) is 9.68. The average Bonchev–Trinajstić information content (AvgIpc) is 3.16. The van der Waals surface area contributed by atoms with Crippen molar-refractivity contribution in [1.82, 2.24) is 0 Å². The number of unbranched alkanes of at least 4 members (excludes halogenated alkanes) is 8. The molecule has 0 spiro atoms. The summed E-state index contributed by atoms with van der Waals surface area (Å²) in [6.45, 7) is 2.23. The van der Waals surface area contributed by atoms with Crippen LogP contribution in [0.4, 0.5) is 5.00 Å². The molecule has 0 saturated carbocycles. The molecular weight excluding hydrogens is 382 g/mol. The molecule has 158 valence electrons. The first-order valence-electron chi connectivity index (χ1n) is 10.7. The van der Waals surface area contributed by atoms with E-state index in [1.807, 2.05) is 35.7 Å². The molecule has 29 heavy (non-hydrogen) atoms. The summed E-state index contributed by atoms with van der Waals surface area (Å²) in [4.78, 5) is 24.7. The zero-order chi connectivity index (χ0) is 20.9. The van der Waals surface area contributed by atoms with Crippen molar-refractivity contribution in [3.05, 3.63) is 41.3 Å². The van der Waals surface area contributed by atoms with Crippen LogP contribution in [-0.4, -0.2) is 19.0 Å². The molecule has 0 aliphatic rings. The van der Waals surface area contributed by atoms with Gasteiger partial charge in [0.2, 0.25) is 5.91 Å². The molecule has 0 unspecified atom stereocenters. The first-order valence-corrected chi connectivity index (χ1v) is 11.6. The van der Waals surface area contributed by atoms with E-state index in [0.29, 0.717) is 17.0 Å². The van der Waals surface area contributed by atoms with E-state index in [2.05, 4.69) is 12.2 Å². The van der Waals surface area contributed by atoms with Crippen molar-refractivity contribution in [2.75, 3.05) is 12.4 Å². The molecule has 1 aromatic carbocycles. The predicted molar refractivity (Wildman–Crippen MR) is 122 cm³/mol. The molecule has 1 N–H and O–H groups in total. The highest BCUT2D eigenvalue weighted by Gasteiger charge is 2.22. The van der Waals surface area contributed by atoms with Gasteiger partial charge in [0.05, 0.1) is 7.11 Å². The van der Waals surface area contributed by atoms with Gasteiger partial charge in [-0.15, -0.1) is 11.3 Å². The van der Waals surface area contributed by atoms with Gasteiger partial charge < -0.3 is 10.1 Å². The highest BCUT2D eigenvalue weighted by molar-refractivity contribution is 7.15. The Labute approximate surface area is 178 Å². The Hall–Kier alpha value is -2.14. The number of carbonyl (C=O) groups is 2. The fourth-order valence-corrected chi connectivity index (χ4v) is 4.34. The van der Waals surface area contributed by atoms with Crippen LogP contribution in [0.15, 0.2) is 35.7 Å². The Morgan fingerprint density at radius 2 is 1.55 bits per heavy atom. The number of ether oxygens (including phenoxy) is 1. The Kier molecular flexibility index (Phi) is 10.5. The third kappa shape index (κ3) is 7.65.